The highest BCUT2D eigenvalue weighted by Gasteiger charge is 2.11. The molecule has 98 valence electrons. The fourth-order valence-electron chi connectivity index (χ4n) is 1.32. The van der Waals surface area contributed by atoms with Crippen LogP contribution in [0.4, 0.5) is 10.1 Å². The van der Waals surface area contributed by atoms with Crippen molar-refractivity contribution in [3.05, 3.63) is 29.6 Å². The third kappa shape index (κ3) is 3.81. The number of nitrogens with one attached hydrogen (secondary N) is 1. The average molecular weight is 255 g/mol. The van der Waals surface area contributed by atoms with Gasteiger partial charge >= 0.3 is 5.97 Å². The van der Waals surface area contributed by atoms with Crippen molar-refractivity contribution in [2.24, 2.45) is 0 Å². The summed E-state index contributed by atoms with van der Waals surface area (Å²) in [6, 6.07) is 3.55. The number of hydrogen-bond acceptors (Lipinski definition) is 4. The van der Waals surface area contributed by atoms with Gasteiger partial charge in [0.25, 0.3) is 0 Å². The molecule has 0 aliphatic carbocycles. The van der Waals surface area contributed by atoms with Crippen LogP contribution in [-0.2, 0) is 9.53 Å². The van der Waals surface area contributed by atoms with Gasteiger partial charge < -0.3 is 15.2 Å². The molecule has 1 aromatic rings. The van der Waals surface area contributed by atoms with Crippen molar-refractivity contribution in [1.29, 1.82) is 0 Å². The SMILES string of the molecule is COC(=O)c1ccc(F)c(NC(=O)CCCO)c1. The summed E-state index contributed by atoms with van der Waals surface area (Å²) in [5.41, 5.74) is 0.0668. The van der Waals surface area contributed by atoms with E-state index in [1.54, 1.807) is 0 Å². The number of carbonyl (C=O) groups is 2. The number of rotatable bonds is 5. The number of aliphatic hydroxyl groups excluding tert-OH is 1. The van der Waals surface area contributed by atoms with E-state index in [1.807, 2.05) is 0 Å². The molecule has 1 rings (SSSR count). The second-order valence-corrected chi connectivity index (χ2v) is 3.56. The quantitative estimate of drug-likeness (QED) is 0.778. The minimum absolute atomic E-state index is 0.0817. The van der Waals surface area contributed by atoms with Gasteiger partial charge in [-0.3, -0.25) is 4.79 Å². The number of benzene rings is 1. The number of anilines is 1. The lowest BCUT2D eigenvalue weighted by molar-refractivity contribution is -0.116. The lowest BCUT2D eigenvalue weighted by Crippen LogP contribution is -2.13. The number of esters is 1. The molecule has 0 spiro atoms. The predicted molar refractivity (Wildman–Crippen MR) is 62.7 cm³/mol. The molecule has 0 bridgehead atoms. The van der Waals surface area contributed by atoms with Crippen molar-refractivity contribution in [2.75, 3.05) is 19.0 Å². The summed E-state index contributed by atoms with van der Waals surface area (Å²) in [6.07, 6.45) is 0.378. The van der Waals surface area contributed by atoms with Crippen LogP contribution in [0.1, 0.15) is 23.2 Å². The lowest BCUT2D eigenvalue weighted by Gasteiger charge is -2.07. The van der Waals surface area contributed by atoms with Crippen molar-refractivity contribution in [3.8, 4) is 0 Å². The maximum Gasteiger partial charge on any atom is 0.337 e. The molecule has 0 aliphatic rings. The van der Waals surface area contributed by atoms with Crippen LogP contribution in [0.15, 0.2) is 18.2 Å². The second kappa shape index (κ2) is 6.70. The van der Waals surface area contributed by atoms with Gasteiger partial charge in [-0.1, -0.05) is 0 Å². The normalized spacial score (nSPS) is 9.94. The minimum Gasteiger partial charge on any atom is -0.465 e. The summed E-state index contributed by atoms with van der Waals surface area (Å²) < 4.78 is 17.9. The van der Waals surface area contributed by atoms with Crippen LogP contribution >= 0.6 is 0 Å². The Hall–Kier alpha value is -1.95. The molecular formula is C12H14FNO4. The van der Waals surface area contributed by atoms with Crippen molar-refractivity contribution in [1.82, 2.24) is 0 Å². The van der Waals surface area contributed by atoms with Crippen LogP contribution in [0, 0.1) is 5.82 Å². The fourth-order valence-corrected chi connectivity index (χ4v) is 1.32. The summed E-state index contributed by atoms with van der Waals surface area (Å²) in [7, 11) is 1.21. The van der Waals surface area contributed by atoms with Crippen molar-refractivity contribution >= 4 is 17.6 Å². The largest absolute Gasteiger partial charge is 0.465 e. The average Bonchev–Trinajstić information content (AvgIpc) is 2.38. The van der Waals surface area contributed by atoms with Gasteiger partial charge in [0.15, 0.2) is 0 Å². The first kappa shape index (κ1) is 14.1. The van der Waals surface area contributed by atoms with E-state index in [1.165, 1.54) is 19.2 Å². The fraction of sp³-hybridized carbons (Fsp3) is 0.333. The Morgan fingerprint density at radius 3 is 2.78 bits per heavy atom. The van der Waals surface area contributed by atoms with E-state index < -0.39 is 17.7 Å². The first-order valence-electron chi connectivity index (χ1n) is 5.37. The summed E-state index contributed by atoms with van der Waals surface area (Å²) in [4.78, 5) is 22.6. The van der Waals surface area contributed by atoms with Crippen LogP contribution in [0.2, 0.25) is 0 Å². The molecule has 1 amide bonds. The van der Waals surface area contributed by atoms with Gasteiger partial charge in [0.1, 0.15) is 5.82 Å². The number of aliphatic hydroxyl groups is 1. The number of carbonyl (C=O) groups excluding carboxylic acids is 2. The Kier molecular flexibility index (Phi) is 5.26. The van der Waals surface area contributed by atoms with Gasteiger partial charge in [-0.15, -0.1) is 0 Å². The maximum absolute atomic E-state index is 13.4. The summed E-state index contributed by atoms with van der Waals surface area (Å²) in [5, 5.41) is 10.9. The molecule has 0 unspecified atom stereocenters. The first-order valence-corrected chi connectivity index (χ1v) is 5.37. The molecule has 0 fully saturated rings. The first-order chi connectivity index (χ1) is 8.58. The summed E-state index contributed by atoms with van der Waals surface area (Å²) in [5.74, 6) is -1.68. The van der Waals surface area contributed by atoms with Crippen molar-refractivity contribution in [2.45, 2.75) is 12.8 Å². The van der Waals surface area contributed by atoms with Crippen LogP contribution < -0.4 is 5.32 Å². The molecule has 6 heteroatoms. The van der Waals surface area contributed by atoms with Gasteiger partial charge in [-0.25, -0.2) is 9.18 Å². The van der Waals surface area contributed by atoms with E-state index in [0.29, 0.717) is 6.42 Å². The number of ether oxygens (including phenoxy) is 1. The molecule has 1 aromatic carbocycles. The third-order valence-corrected chi connectivity index (χ3v) is 2.22. The molecule has 5 nitrogen and oxygen atoms in total. The number of amides is 1. The molecule has 0 saturated carbocycles. The minimum atomic E-state index is -0.639. The third-order valence-electron chi connectivity index (χ3n) is 2.22. The molecule has 0 radical (unpaired) electrons. The Morgan fingerprint density at radius 2 is 2.17 bits per heavy atom. The van der Waals surface area contributed by atoms with Gasteiger partial charge in [0.2, 0.25) is 5.91 Å². The molecule has 18 heavy (non-hydrogen) atoms. The number of methoxy groups -OCH3 is 1. The lowest BCUT2D eigenvalue weighted by atomic mass is 10.2. The number of halogens is 1. The molecule has 0 aliphatic heterocycles. The second-order valence-electron chi connectivity index (χ2n) is 3.56. The van der Waals surface area contributed by atoms with Crippen molar-refractivity contribution in [3.63, 3.8) is 0 Å². The molecule has 2 N–H and O–H groups in total. The molecule has 0 atom stereocenters. The van der Waals surface area contributed by atoms with E-state index in [4.69, 9.17) is 5.11 Å². The Bertz CT molecular complexity index is 448. The van der Waals surface area contributed by atoms with Gasteiger partial charge in [0, 0.05) is 13.0 Å². The number of hydrogen-bond donors (Lipinski definition) is 2. The predicted octanol–water partition coefficient (Wildman–Crippen LogP) is 1.32. The van der Waals surface area contributed by atoms with E-state index in [9.17, 15) is 14.0 Å². The van der Waals surface area contributed by atoms with Crippen LogP contribution in [0.5, 0.6) is 0 Å². The van der Waals surface area contributed by atoms with E-state index in [2.05, 4.69) is 10.1 Å². The Morgan fingerprint density at radius 1 is 1.44 bits per heavy atom. The van der Waals surface area contributed by atoms with E-state index in [-0.39, 0.29) is 24.3 Å². The van der Waals surface area contributed by atoms with E-state index in [0.717, 1.165) is 6.07 Å². The van der Waals surface area contributed by atoms with Gasteiger partial charge in [-0.2, -0.15) is 0 Å². The highest BCUT2D eigenvalue weighted by Crippen LogP contribution is 2.17. The highest BCUT2D eigenvalue weighted by molar-refractivity contribution is 5.94. The monoisotopic (exact) mass is 255 g/mol. The topological polar surface area (TPSA) is 75.6 Å². The van der Waals surface area contributed by atoms with Gasteiger partial charge in [-0.05, 0) is 24.6 Å². The smallest absolute Gasteiger partial charge is 0.337 e. The highest BCUT2D eigenvalue weighted by atomic mass is 19.1. The summed E-state index contributed by atoms with van der Waals surface area (Å²) in [6.45, 7) is -0.113. The summed E-state index contributed by atoms with van der Waals surface area (Å²) >= 11 is 0. The molecule has 0 aromatic heterocycles. The molecule has 0 saturated heterocycles. The van der Waals surface area contributed by atoms with E-state index >= 15 is 0 Å². The van der Waals surface area contributed by atoms with Crippen molar-refractivity contribution < 1.29 is 23.8 Å². The Balaban J connectivity index is 2.81. The van der Waals surface area contributed by atoms with Crippen LogP contribution in [0.25, 0.3) is 0 Å². The van der Waals surface area contributed by atoms with Crippen LogP contribution in [0.3, 0.4) is 0 Å². The zero-order valence-electron chi connectivity index (χ0n) is 9.90. The maximum atomic E-state index is 13.4. The Labute approximate surface area is 104 Å². The molecule has 0 heterocycles. The zero-order chi connectivity index (χ0) is 13.5. The standard InChI is InChI=1S/C12H14FNO4/c1-18-12(17)8-4-5-9(13)10(7-8)14-11(16)3-2-6-15/h4-5,7,15H,2-3,6H2,1H3,(H,14,16). The van der Waals surface area contributed by atoms with Crippen LogP contribution in [-0.4, -0.2) is 30.7 Å². The molecular weight excluding hydrogens is 241 g/mol. The van der Waals surface area contributed by atoms with Gasteiger partial charge in [0.05, 0.1) is 18.4 Å². The zero-order valence-corrected chi connectivity index (χ0v) is 9.90.